The molecule has 4 nitrogen and oxygen atoms in total. The van der Waals surface area contributed by atoms with Crippen LogP contribution in [-0.2, 0) is 0 Å². The van der Waals surface area contributed by atoms with Crippen LogP contribution in [0.4, 0.5) is 5.69 Å². The van der Waals surface area contributed by atoms with Crippen LogP contribution in [0.2, 0.25) is 0 Å². The van der Waals surface area contributed by atoms with E-state index < -0.39 is 0 Å². The molecule has 1 atom stereocenters. The largest absolute Gasteiger partial charge is 0.361 e. The van der Waals surface area contributed by atoms with E-state index in [0.717, 1.165) is 24.2 Å². The number of nitrogens with zero attached hydrogens (tertiary/aromatic N) is 2. The van der Waals surface area contributed by atoms with Crippen LogP contribution < -0.4 is 5.32 Å². The van der Waals surface area contributed by atoms with E-state index >= 15 is 0 Å². The highest BCUT2D eigenvalue weighted by molar-refractivity contribution is 6.01. The first kappa shape index (κ1) is 16.6. The summed E-state index contributed by atoms with van der Waals surface area (Å²) in [5.74, 6) is 0.116. The van der Waals surface area contributed by atoms with Gasteiger partial charge in [0.25, 0.3) is 5.91 Å². The Bertz CT molecular complexity index is 760. The second-order valence-corrected chi connectivity index (χ2v) is 6.88. The van der Waals surface area contributed by atoms with Gasteiger partial charge in [0.15, 0.2) is 0 Å². The van der Waals surface area contributed by atoms with Crippen LogP contribution in [0.1, 0.15) is 66.7 Å². The van der Waals surface area contributed by atoms with E-state index in [-0.39, 0.29) is 12.1 Å². The third-order valence-electron chi connectivity index (χ3n) is 4.82. The number of aryl methyl sites for hydroxylation is 1. The summed E-state index contributed by atoms with van der Waals surface area (Å²) in [4.78, 5) is 15.0. The van der Waals surface area contributed by atoms with Crippen LogP contribution >= 0.6 is 0 Å². The average molecular weight is 325 g/mol. The van der Waals surface area contributed by atoms with Gasteiger partial charge in [-0.05, 0) is 52.3 Å². The Hall–Kier alpha value is -2.23. The third kappa shape index (κ3) is 2.60. The number of nitrogens with one attached hydrogen (secondary N) is 1. The molecule has 0 saturated heterocycles. The van der Waals surface area contributed by atoms with Crippen molar-refractivity contribution in [2.24, 2.45) is 0 Å². The first-order chi connectivity index (χ1) is 11.5. The number of rotatable bonds is 4. The highest BCUT2D eigenvalue weighted by Gasteiger charge is 2.34. The van der Waals surface area contributed by atoms with Gasteiger partial charge in [-0.15, -0.1) is 0 Å². The molecule has 1 N–H and O–H groups in total. The Morgan fingerprint density at radius 1 is 1.21 bits per heavy atom. The lowest BCUT2D eigenvalue weighted by molar-refractivity contribution is 0.0683. The first-order valence-electron chi connectivity index (χ1n) is 8.80. The van der Waals surface area contributed by atoms with Crippen LogP contribution in [-0.4, -0.2) is 21.9 Å². The molecule has 128 valence electrons. The van der Waals surface area contributed by atoms with E-state index in [1.807, 2.05) is 29.2 Å². The zero-order valence-electron chi connectivity index (χ0n) is 15.3. The molecular weight excluding hydrogens is 298 g/mol. The van der Waals surface area contributed by atoms with Crippen molar-refractivity contribution in [2.45, 2.75) is 53.2 Å². The van der Waals surface area contributed by atoms with Crippen molar-refractivity contribution in [1.82, 2.24) is 9.47 Å². The molecule has 1 aromatic carbocycles. The number of carbonyl (C=O) groups is 1. The number of benzene rings is 1. The molecule has 0 unspecified atom stereocenters. The van der Waals surface area contributed by atoms with Gasteiger partial charge in [0.1, 0.15) is 6.17 Å². The SMILES string of the molecule is CCCN1C(=O)c2ccccc2N[C@@H]1c1cc(C)n(C(C)C)c1C. The number of hydrogen-bond donors (Lipinski definition) is 1. The minimum Gasteiger partial charge on any atom is -0.361 e. The fourth-order valence-corrected chi connectivity index (χ4v) is 3.88. The molecule has 1 aromatic heterocycles. The molecular formula is C20H27N3O. The lowest BCUT2D eigenvalue weighted by atomic mass is 10.0. The topological polar surface area (TPSA) is 37.3 Å². The molecule has 0 fully saturated rings. The standard InChI is InChI=1S/C20H27N3O/c1-6-11-22-19(17-12-14(4)23(13(2)3)15(17)5)21-18-10-8-7-9-16(18)20(22)24/h7-10,12-13,19,21H,6,11H2,1-5H3/t19-/m0/s1. The van der Waals surface area contributed by atoms with Crippen molar-refractivity contribution in [3.63, 3.8) is 0 Å². The van der Waals surface area contributed by atoms with Gasteiger partial charge in [-0.3, -0.25) is 4.79 Å². The minimum atomic E-state index is -0.106. The third-order valence-corrected chi connectivity index (χ3v) is 4.82. The fourth-order valence-electron chi connectivity index (χ4n) is 3.88. The summed E-state index contributed by atoms with van der Waals surface area (Å²) in [6.45, 7) is 11.5. The van der Waals surface area contributed by atoms with Crippen LogP contribution in [0, 0.1) is 13.8 Å². The smallest absolute Gasteiger partial charge is 0.257 e. The molecule has 1 aliphatic rings. The van der Waals surface area contributed by atoms with E-state index in [0.29, 0.717) is 6.04 Å². The molecule has 4 heteroatoms. The number of amides is 1. The van der Waals surface area contributed by atoms with Crippen molar-refractivity contribution in [3.05, 3.63) is 52.8 Å². The predicted molar refractivity (Wildman–Crippen MR) is 98.4 cm³/mol. The Labute approximate surface area is 144 Å². The van der Waals surface area contributed by atoms with Crippen molar-refractivity contribution in [3.8, 4) is 0 Å². The van der Waals surface area contributed by atoms with Gasteiger partial charge in [0.05, 0.1) is 5.56 Å². The molecule has 0 radical (unpaired) electrons. The molecule has 0 aliphatic carbocycles. The Morgan fingerprint density at radius 2 is 1.92 bits per heavy atom. The molecule has 0 bridgehead atoms. The van der Waals surface area contributed by atoms with Gasteiger partial charge >= 0.3 is 0 Å². The molecule has 1 amide bonds. The lowest BCUT2D eigenvalue weighted by Gasteiger charge is -2.38. The zero-order valence-corrected chi connectivity index (χ0v) is 15.3. The van der Waals surface area contributed by atoms with Gasteiger partial charge in [0.2, 0.25) is 0 Å². The predicted octanol–water partition coefficient (Wildman–Crippen LogP) is 4.66. The van der Waals surface area contributed by atoms with Crippen molar-refractivity contribution >= 4 is 11.6 Å². The number of fused-ring (bicyclic) bond motifs is 1. The van der Waals surface area contributed by atoms with Gasteiger partial charge in [0, 0.05) is 35.2 Å². The summed E-state index contributed by atoms with van der Waals surface area (Å²) in [5.41, 5.74) is 5.35. The molecule has 0 saturated carbocycles. The quantitative estimate of drug-likeness (QED) is 0.887. The van der Waals surface area contributed by atoms with Gasteiger partial charge in [-0.2, -0.15) is 0 Å². The molecule has 1 aliphatic heterocycles. The second-order valence-electron chi connectivity index (χ2n) is 6.88. The summed E-state index contributed by atoms with van der Waals surface area (Å²) in [5, 5.41) is 3.59. The zero-order chi connectivity index (χ0) is 17.4. The van der Waals surface area contributed by atoms with Gasteiger partial charge in [-0.1, -0.05) is 19.1 Å². The summed E-state index contributed by atoms with van der Waals surface area (Å²) in [7, 11) is 0. The fraction of sp³-hybridized carbons (Fsp3) is 0.450. The minimum absolute atomic E-state index is 0.106. The van der Waals surface area contributed by atoms with Crippen LogP contribution in [0.25, 0.3) is 0 Å². The first-order valence-corrected chi connectivity index (χ1v) is 8.80. The Kier molecular flexibility index (Phi) is 4.39. The van der Waals surface area contributed by atoms with E-state index in [2.05, 4.69) is 50.6 Å². The number of hydrogen-bond acceptors (Lipinski definition) is 2. The van der Waals surface area contributed by atoms with E-state index in [4.69, 9.17) is 0 Å². The number of para-hydroxylation sites is 1. The number of aromatic nitrogens is 1. The molecule has 2 aromatic rings. The highest BCUT2D eigenvalue weighted by atomic mass is 16.2. The van der Waals surface area contributed by atoms with Crippen LogP contribution in [0.3, 0.4) is 0 Å². The van der Waals surface area contributed by atoms with Crippen LogP contribution in [0.5, 0.6) is 0 Å². The van der Waals surface area contributed by atoms with E-state index in [9.17, 15) is 4.79 Å². The van der Waals surface area contributed by atoms with Crippen molar-refractivity contribution < 1.29 is 4.79 Å². The molecule has 3 rings (SSSR count). The molecule has 24 heavy (non-hydrogen) atoms. The van der Waals surface area contributed by atoms with Crippen molar-refractivity contribution in [2.75, 3.05) is 11.9 Å². The Morgan fingerprint density at radius 3 is 2.54 bits per heavy atom. The second kappa shape index (κ2) is 6.34. The lowest BCUT2D eigenvalue weighted by Crippen LogP contribution is -2.43. The van der Waals surface area contributed by atoms with Crippen LogP contribution in [0.15, 0.2) is 30.3 Å². The highest BCUT2D eigenvalue weighted by Crippen LogP contribution is 2.36. The van der Waals surface area contributed by atoms with E-state index in [1.165, 1.54) is 17.0 Å². The van der Waals surface area contributed by atoms with Gasteiger partial charge < -0.3 is 14.8 Å². The molecule has 2 heterocycles. The maximum atomic E-state index is 13.0. The summed E-state index contributed by atoms with van der Waals surface area (Å²) in [6, 6.07) is 10.4. The maximum absolute atomic E-state index is 13.0. The monoisotopic (exact) mass is 325 g/mol. The summed E-state index contributed by atoms with van der Waals surface area (Å²) in [6.07, 6.45) is 0.834. The average Bonchev–Trinajstić information content (AvgIpc) is 2.84. The number of carbonyl (C=O) groups excluding carboxylic acids is 1. The molecule has 0 spiro atoms. The number of anilines is 1. The van der Waals surface area contributed by atoms with Crippen molar-refractivity contribution in [1.29, 1.82) is 0 Å². The summed E-state index contributed by atoms with van der Waals surface area (Å²) < 4.78 is 2.34. The Balaban J connectivity index is 2.09. The maximum Gasteiger partial charge on any atom is 0.257 e. The van der Waals surface area contributed by atoms with Gasteiger partial charge in [-0.25, -0.2) is 0 Å². The normalized spacial score (nSPS) is 17.2. The van der Waals surface area contributed by atoms with E-state index in [1.54, 1.807) is 0 Å². The summed E-state index contributed by atoms with van der Waals surface area (Å²) >= 11 is 0.